The third-order valence-corrected chi connectivity index (χ3v) is 4.48. The summed E-state index contributed by atoms with van der Waals surface area (Å²) in [6.45, 7) is 1.80. The van der Waals surface area contributed by atoms with Gasteiger partial charge in [0.1, 0.15) is 11.8 Å². The number of aliphatic hydroxyl groups is 1. The number of hydrogen-bond acceptors (Lipinski definition) is 6. The fourth-order valence-electron chi connectivity index (χ4n) is 3.24. The molecule has 2 aliphatic heterocycles. The fourth-order valence-corrected chi connectivity index (χ4v) is 3.24. The van der Waals surface area contributed by atoms with E-state index in [0.717, 1.165) is 5.69 Å². The number of Topliss-reactive ketones (excluding diaryl/α,β-unsaturated/α-hetero) is 2. The summed E-state index contributed by atoms with van der Waals surface area (Å²) in [5, 5.41) is 10.4. The summed E-state index contributed by atoms with van der Waals surface area (Å²) >= 11 is 0. The zero-order chi connectivity index (χ0) is 16.8. The van der Waals surface area contributed by atoms with Gasteiger partial charge in [-0.1, -0.05) is 0 Å². The van der Waals surface area contributed by atoms with Gasteiger partial charge in [0.25, 0.3) is 0 Å². The molecular weight excluding hydrogens is 306 g/mol. The maximum atomic E-state index is 12.7. The largest absolute Gasteiger partial charge is 0.390 e. The number of anilines is 1. The van der Waals surface area contributed by atoms with Crippen LogP contribution in [0, 0.1) is 5.92 Å². The van der Waals surface area contributed by atoms with E-state index < -0.39 is 12.0 Å². The number of carbonyl (C=O) groups excluding carboxylic acids is 2. The van der Waals surface area contributed by atoms with Crippen molar-refractivity contribution in [2.75, 3.05) is 11.4 Å². The molecule has 0 bridgehead atoms. The van der Waals surface area contributed by atoms with Gasteiger partial charge in [-0.3, -0.25) is 14.6 Å². The minimum absolute atomic E-state index is 0.00827. The van der Waals surface area contributed by atoms with Crippen LogP contribution in [0.15, 0.2) is 47.7 Å². The minimum Gasteiger partial charge on any atom is -0.390 e. The molecule has 3 heterocycles. The van der Waals surface area contributed by atoms with Crippen molar-refractivity contribution in [1.82, 2.24) is 4.98 Å². The highest BCUT2D eigenvalue weighted by Crippen LogP contribution is 2.36. The van der Waals surface area contributed by atoms with E-state index in [-0.39, 0.29) is 18.1 Å². The number of hydrogen-bond donors (Lipinski definition) is 1. The van der Waals surface area contributed by atoms with Crippen LogP contribution in [0.5, 0.6) is 0 Å². The van der Waals surface area contributed by atoms with Crippen molar-refractivity contribution in [3.05, 3.63) is 53.9 Å². The summed E-state index contributed by atoms with van der Waals surface area (Å²) in [4.78, 5) is 34.5. The van der Waals surface area contributed by atoms with Crippen molar-refractivity contribution < 1.29 is 14.7 Å². The standard InChI is InChI=1S/C18H15N3O3/c1-10(22)11-2-4-12(5-3-11)21-9-15(23)16-17(24)13-6-7-19-8-14(13)20-18(16)21/h2-8,15-16,23H,9H2,1H3/t15-,16?/m1/s1. The average molecular weight is 321 g/mol. The maximum Gasteiger partial charge on any atom is 0.178 e. The first-order chi connectivity index (χ1) is 11.6. The van der Waals surface area contributed by atoms with E-state index in [2.05, 4.69) is 9.98 Å². The number of aliphatic hydroxyl groups excluding tert-OH is 1. The molecule has 1 aromatic heterocycles. The van der Waals surface area contributed by atoms with Crippen molar-refractivity contribution in [3.8, 4) is 0 Å². The topological polar surface area (TPSA) is 82.9 Å². The lowest BCUT2D eigenvalue weighted by Gasteiger charge is -2.24. The zero-order valence-electron chi connectivity index (χ0n) is 13.0. The van der Waals surface area contributed by atoms with E-state index in [1.807, 2.05) is 4.90 Å². The molecule has 0 radical (unpaired) electrons. The number of carbonyl (C=O) groups is 2. The van der Waals surface area contributed by atoms with Gasteiger partial charge < -0.3 is 10.0 Å². The van der Waals surface area contributed by atoms with Crippen LogP contribution in [0.4, 0.5) is 11.4 Å². The number of ketones is 2. The summed E-state index contributed by atoms with van der Waals surface area (Å²) < 4.78 is 0. The van der Waals surface area contributed by atoms with Gasteiger partial charge in [-0.05, 0) is 37.3 Å². The predicted molar refractivity (Wildman–Crippen MR) is 89.0 cm³/mol. The Morgan fingerprint density at radius 2 is 2.00 bits per heavy atom. The maximum absolute atomic E-state index is 12.7. The summed E-state index contributed by atoms with van der Waals surface area (Å²) in [7, 11) is 0. The number of fused-ring (bicyclic) bond motifs is 2. The summed E-state index contributed by atoms with van der Waals surface area (Å²) in [5.74, 6) is -0.269. The molecule has 6 heteroatoms. The highest BCUT2D eigenvalue weighted by atomic mass is 16.3. The molecular formula is C18H15N3O3. The van der Waals surface area contributed by atoms with E-state index in [0.29, 0.717) is 22.6 Å². The van der Waals surface area contributed by atoms with E-state index in [1.54, 1.807) is 42.7 Å². The number of pyridine rings is 1. The molecule has 1 unspecified atom stereocenters. The minimum atomic E-state index is -0.815. The van der Waals surface area contributed by atoms with Crippen LogP contribution in [0.3, 0.4) is 0 Å². The quantitative estimate of drug-likeness (QED) is 0.856. The molecule has 0 aliphatic carbocycles. The van der Waals surface area contributed by atoms with Crippen molar-refractivity contribution in [3.63, 3.8) is 0 Å². The molecule has 1 saturated heterocycles. The van der Waals surface area contributed by atoms with Crippen LogP contribution >= 0.6 is 0 Å². The second kappa shape index (κ2) is 5.35. The third-order valence-electron chi connectivity index (χ3n) is 4.48. The second-order valence-corrected chi connectivity index (χ2v) is 5.99. The molecule has 2 atom stereocenters. The van der Waals surface area contributed by atoms with E-state index in [4.69, 9.17) is 0 Å². The molecule has 2 aliphatic rings. The van der Waals surface area contributed by atoms with Crippen molar-refractivity contribution in [1.29, 1.82) is 0 Å². The number of β-amino-alcohol motifs (C(OH)–C–C–N with tert-alkyl or cyclic N) is 1. The summed E-state index contributed by atoms with van der Waals surface area (Å²) in [6.07, 6.45) is 2.29. The molecule has 1 N–H and O–H groups in total. The Morgan fingerprint density at radius 1 is 1.25 bits per heavy atom. The van der Waals surface area contributed by atoms with Gasteiger partial charge in [0.15, 0.2) is 11.6 Å². The van der Waals surface area contributed by atoms with Gasteiger partial charge in [-0.2, -0.15) is 0 Å². The zero-order valence-corrected chi connectivity index (χ0v) is 13.0. The van der Waals surface area contributed by atoms with Gasteiger partial charge in [-0.25, -0.2) is 4.99 Å². The van der Waals surface area contributed by atoms with Crippen molar-refractivity contribution in [2.45, 2.75) is 13.0 Å². The Labute approximate surface area is 138 Å². The number of aromatic nitrogens is 1. The van der Waals surface area contributed by atoms with Gasteiger partial charge in [0.2, 0.25) is 0 Å². The van der Waals surface area contributed by atoms with Crippen molar-refractivity contribution >= 4 is 28.8 Å². The summed E-state index contributed by atoms with van der Waals surface area (Å²) in [5.41, 5.74) is 2.42. The highest BCUT2D eigenvalue weighted by Gasteiger charge is 2.45. The molecule has 1 fully saturated rings. The summed E-state index contributed by atoms with van der Waals surface area (Å²) in [6, 6.07) is 8.71. The molecule has 24 heavy (non-hydrogen) atoms. The predicted octanol–water partition coefficient (Wildman–Crippen LogP) is 2.01. The van der Waals surface area contributed by atoms with E-state index in [9.17, 15) is 14.7 Å². The number of rotatable bonds is 2. The Hall–Kier alpha value is -2.86. The molecule has 6 nitrogen and oxygen atoms in total. The normalized spacial score (nSPS) is 22.0. The number of nitrogens with zero attached hydrogens (tertiary/aromatic N) is 3. The van der Waals surface area contributed by atoms with Gasteiger partial charge in [0, 0.05) is 23.0 Å². The Balaban J connectivity index is 1.78. The number of aliphatic imine (C=N–C) groups is 1. The molecule has 0 spiro atoms. The molecule has 120 valence electrons. The Kier molecular flexibility index (Phi) is 3.28. The van der Waals surface area contributed by atoms with Crippen LogP contribution in [0.25, 0.3) is 0 Å². The third kappa shape index (κ3) is 2.15. The smallest absolute Gasteiger partial charge is 0.178 e. The van der Waals surface area contributed by atoms with E-state index in [1.165, 1.54) is 6.92 Å². The number of benzene rings is 1. The van der Waals surface area contributed by atoms with Crippen LogP contribution < -0.4 is 4.90 Å². The van der Waals surface area contributed by atoms with E-state index >= 15 is 0 Å². The molecule has 4 rings (SSSR count). The Morgan fingerprint density at radius 3 is 2.71 bits per heavy atom. The molecule has 0 saturated carbocycles. The Bertz CT molecular complexity index is 873. The van der Waals surface area contributed by atoms with Crippen molar-refractivity contribution in [2.24, 2.45) is 10.9 Å². The molecule has 0 amide bonds. The van der Waals surface area contributed by atoms with Gasteiger partial charge in [0.05, 0.1) is 24.5 Å². The fraction of sp³-hybridized carbons (Fsp3) is 0.222. The lowest BCUT2D eigenvalue weighted by molar-refractivity contribution is 0.0837. The van der Waals surface area contributed by atoms with Crippen LogP contribution in [0.1, 0.15) is 27.6 Å². The first-order valence-electron chi connectivity index (χ1n) is 7.69. The lowest BCUT2D eigenvalue weighted by Crippen LogP contribution is -2.34. The molecule has 2 aromatic rings. The van der Waals surface area contributed by atoms with Crippen LogP contribution in [0.2, 0.25) is 0 Å². The lowest BCUT2D eigenvalue weighted by atomic mass is 9.91. The first kappa shape index (κ1) is 14.7. The molecule has 1 aromatic carbocycles. The SMILES string of the molecule is CC(=O)c1ccc(N2C[C@@H](O)C3C(=O)c4ccncc4N=C32)cc1. The number of amidine groups is 1. The highest BCUT2D eigenvalue weighted by molar-refractivity contribution is 6.23. The first-order valence-corrected chi connectivity index (χ1v) is 7.69. The van der Waals surface area contributed by atoms with Crippen LogP contribution in [-0.2, 0) is 0 Å². The second-order valence-electron chi connectivity index (χ2n) is 5.99. The van der Waals surface area contributed by atoms with Gasteiger partial charge in [-0.15, -0.1) is 0 Å². The average Bonchev–Trinajstić information content (AvgIpc) is 2.92. The monoisotopic (exact) mass is 321 g/mol. The van der Waals surface area contributed by atoms with Crippen LogP contribution in [-0.4, -0.2) is 40.1 Å². The van der Waals surface area contributed by atoms with Gasteiger partial charge >= 0.3 is 0 Å².